The van der Waals surface area contributed by atoms with E-state index in [1.165, 1.54) is 18.4 Å². The molecule has 1 aliphatic carbocycles. The molecule has 0 radical (unpaired) electrons. The predicted octanol–water partition coefficient (Wildman–Crippen LogP) is 3.62. The van der Waals surface area contributed by atoms with Crippen LogP contribution in [0.1, 0.15) is 68.3 Å². The van der Waals surface area contributed by atoms with E-state index in [1.807, 2.05) is 19.2 Å². The number of fused-ring (bicyclic) bond motifs is 1. The molecular weight excluding hydrogens is 430 g/mol. The first-order valence-corrected chi connectivity index (χ1v) is 13.0. The number of allylic oxidation sites excluding steroid dienone is 2. The normalized spacial score (nSPS) is 25.3. The molecule has 3 atom stereocenters. The molecule has 1 aromatic rings. The van der Waals surface area contributed by atoms with E-state index in [2.05, 4.69) is 29.9 Å². The highest BCUT2D eigenvalue weighted by molar-refractivity contribution is 5.97. The molecule has 3 aliphatic rings. The van der Waals surface area contributed by atoms with Crippen LogP contribution in [0.3, 0.4) is 0 Å². The van der Waals surface area contributed by atoms with Gasteiger partial charge in [0.2, 0.25) is 5.88 Å². The second kappa shape index (κ2) is 11.6. The molecule has 1 aromatic heterocycles. The van der Waals surface area contributed by atoms with Gasteiger partial charge in [-0.15, -0.1) is 0 Å². The number of rotatable bonds is 7. The average Bonchev–Trinajstić information content (AvgIpc) is 2.86. The highest BCUT2D eigenvalue weighted by atomic mass is 16.5. The van der Waals surface area contributed by atoms with Crippen molar-refractivity contribution < 1.29 is 19.4 Å². The molecule has 0 saturated carbocycles. The molecule has 1 N–H and O–H groups in total. The van der Waals surface area contributed by atoms with Crippen LogP contribution in [0.5, 0.6) is 5.88 Å². The molecule has 0 unspecified atom stereocenters. The van der Waals surface area contributed by atoms with Gasteiger partial charge in [0.15, 0.2) is 0 Å². The molecule has 0 aromatic carbocycles. The van der Waals surface area contributed by atoms with E-state index in [1.54, 1.807) is 4.90 Å². The fourth-order valence-electron chi connectivity index (χ4n) is 5.35. The molecule has 7 nitrogen and oxygen atoms in total. The van der Waals surface area contributed by atoms with E-state index < -0.39 is 0 Å². The number of aromatic nitrogens is 1. The zero-order valence-corrected chi connectivity index (χ0v) is 21.0. The summed E-state index contributed by atoms with van der Waals surface area (Å²) in [5.41, 5.74) is 2.78. The van der Waals surface area contributed by atoms with Crippen LogP contribution in [0.2, 0.25) is 0 Å². The summed E-state index contributed by atoms with van der Waals surface area (Å²) in [6, 6.07) is 1.69. The van der Waals surface area contributed by atoms with Crippen LogP contribution in [0.25, 0.3) is 5.57 Å². The van der Waals surface area contributed by atoms with Crippen LogP contribution in [0.15, 0.2) is 18.3 Å². The van der Waals surface area contributed by atoms with Gasteiger partial charge in [-0.3, -0.25) is 4.79 Å². The number of aliphatic hydroxyl groups is 1. The number of amides is 1. The minimum Gasteiger partial charge on any atom is -0.472 e. The summed E-state index contributed by atoms with van der Waals surface area (Å²) >= 11 is 0. The summed E-state index contributed by atoms with van der Waals surface area (Å²) in [6.07, 6.45) is 10.7. The Bertz CT molecular complexity index is 867. The third kappa shape index (κ3) is 5.99. The minimum atomic E-state index is -0.265. The number of pyridine rings is 1. The number of aliphatic hydroxyl groups excluding tert-OH is 1. The molecule has 34 heavy (non-hydrogen) atoms. The number of hydrogen-bond acceptors (Lipinski definition) is 6. The number of nitrogens with zero attached hydrogens (tertiary/aromatic N) is 3. The molecule has 1 fully saturated rings. The fourth-order valence-corrected chi connectivity index (χ4v) is 5.35. The van der Waals surface area contributed by atoms with Crippen molar-refractivity contribution in [3.05, 3.63) is 29.5 Å². The van der Waals surface area contributed by atoms with Gasteiger partial charge in [-0.2, -0.15) is 0 Å². The lowest BCUT2D eigenvalue weighted by molar-refractivity contribution is 0.0254. The quantitative estimate of drug-likeness (QED) is 0.655. The van der Waals surface area contributed by atoms with Crippen LogP contribution in [-0.4, -0.2) is 84.4 Å². The Kier molecular flexibility index (Phi) is 8.61. The summed E-state index contributed by atoms with van der Waals surface area (Å²) in [5, 5.41) is 9.88. The molecule has 188 valence electrons. The highest BCUT2D eigenvalue weighted by Crippen LogP contribution is 2.32. The second-order valence-corrected chi connectivity index (χ2v) is 10.5. The molecule has 2 aliphatic heterocycles. The van der Waals surface area contributed by atoms with E-state index in [0.29, 0.717) is 23.9 Å². The van der Waals surface area contributed by atoms with Gasteiger partial charge in [0, 0.05) is 45.0 Å². The van der Waals surface area contributed by atoms with E-state index in [4.69, 9.17) is 9.47 Å². The monoisotopic (exact) mass is 471 g/mol. The molecule has 1 amide bonds. The van der Waals surface area contributed by atoms with Gasteiger partial charge < -0.3 is 24.4 Å². The Balaban J connectivity index is 1.59. The number of likely N-dealkylation sites (N-methyl/N-ethyl adjacent to an activating group) is 1. The second-order valence-electron chi connectivity index (χ2n) is 10.5. The van der Waals surface area contributed by atoms with Gasteiger partial charge in [-0.05, 0) is 75.6 Å². The summed E-state index contributed by atoms with van der Waals surface area (Å²) in [4.78, 5) is 22.4. The molecule has 1 saturated heterocycles. The van der Waals surface area contributed by atoms with Gasteiger partial charge >= 0.3 is 0 Å². The number of hydrogen-bond donors (Lipinski definition) is 1. The number of ether oxygens (including phenoxy) is 2. The molecule has 3 heterocycles. The maximum Gasteiger partial charge on any atom is 0.259 e. The van der Waals surface area contributed by atoms with Crippen LogP contribution in [-0.2, 0) is 4.74 Å². The minimum absolute atomic E-state index is 0.0682. The Labute approximate surface area is 204 Å². The van der Waals surface area contributed by atoms with Crippen molar-refractivity contribution in [2.24, 2.45) is 11.8 Å². The van der Waals surface area contributed by atoms with Crippen molar-refractivity contribution >= 4 is 11.5 Å². The summed E-state index contributed by atoms with van der Waals surface area (Å²) in [6.45, 7) is 7.98. The zero-order chi connectivity index (χ0) is 24.1. The van der Waals surface area contributed by atoms with Gasteiger partial charge in [0.05, 0.1) is 12.6 Å². The van der Waals surface area contributed by atoms with Gasteiger partial charge in [-0.25, -0.2) is 4.98 Å². The Morgan fingerprint density at radius 3 is 2.76 bits per heavy atom. The lowest BCUT2D eigenvalue weighted by Gasteiger charge is -2.38. The van der Waals surface area contributed by atoms with Gasteiger partial charge in [-0.1, -0.05) is 13.0 Å². The lowest BCUT2D eigenvalue weighted by Crippen LogP contribution is -2.50. The lowest BCUT2D eigenvalue weighted by atomic mass is 9.93. The third-order valence-corrected chi connectivity index (χ3v) is 7.59. The van der Waals surface area contributed by atoms with E-state index in [-0.39, 0.29) is 30.6 Å². The smallest absolute Gasteiger partial charge is 0.259 e. The fraction of sp³-hybridized carbons (Fsp3) is 0.704. The van der Waals surface area contributed by atoms with Crippen molar-refractivity contribution in [1.82, 2.24) is 14.8 Å². The summed E-state index contributed by atoms with van der Waals surface area (Å²) in [5.74, 6) is 1.05. The van der Waals surface area contributed by atoms with E-state index >= 15 is 0 Å². The van der Waals surface area contributed by atoms with Gasteiger partial charge in [0.25, 0.3) is 5.91 Å². The van der Waals surface area contributed by atoms with Crippen molar-refractivity contribution in [2.75, 3.05) is 46.5 Å². The van der Waals surface area contributed by atoms with Crippen molar-refractivity contribution in [3.63, 3.8) is 0 Å². The van der Waals surface area contributed by atoms with Crippen LogP contribution < -0.4 is 4.74 Å². The largest absolute Gasteiger partial charge is 0.472 e. The number of carbonyl (C=O) groups is 1. The molecule has 7 heteroatoms. The Morgan fingerprint density at radius 1 is 1.26 bits per heavy atom. The van der Waals surface area contributed by atoms with Crippen molar-refractivity contribution in [1.29, 1.82) is 0 Å². The first kappa shape index (κ1) is 25.1. The predicted molar refractivity (Wildman–Crippen MR) is 133 cm³/mol. The van der Waals surface area contributed by atoms with Gasteiger partial charge in [0.1, 0.15) is 11.7 Å². The van der Waals surface area contributed by atoms with Crippen LogP contribution in [0.4, 0.5) is 0 Å². The first-order chi connectivity index (χ1) is 16.5. The highest BCUT2D eigenvalue weighted by Gasteiger charge is 2.34. The Morgan fingerprint density at radius 2 is 2.06 bits per heavy atom. The maximum absolute atomic E-state index is 13.6. The molecular formula is C27H41N3O4. The molecule has 0 bridgehead atoms. The molecule has 4 rings (SSSR count). The third-order valence-electron chi connectivity index (χ3n) is 7.59. The van der Waals surface area contributed by atoms with Crippen LogP contribution in [0, 0.1) is 11.8 Å². The van der Waals surface area contributed by atoms with Crippen molar-refractivity contribution in [3.8, 4) is 5.88 Å². The standard InChI is InChI=1S/C27H41N3O4/c1-19-15-30(20(2)18-31)27(32)24-13-23(22-7-5-4-6-8-22)14-28-26(24)34-25(19)17-29(3)16-21-9-11-33-12-10-21/h7,13-14,19-21,25,31H,4-6,8-12,15-18H2,1-3H3/t19-,20+,25-/m0/s1. The summed E-state index contributed by atoms with van der Waals surface area (Å²) < 4.78 is 12.0. The number of carbonyl (C=O) groups excluding carboxylic acids is 1. The van der Waals surface area contributed by atoms with E-state index in [9.17, 15) is 9.90 Å². The topological polar surface area (TPSA) is 75.1 Å². The maximum atomic E-state index is 13.6. The first-order valence-electron chi connectivity index (χ1n) is 13.0. The molecule has 0 spiro atoms. The average molecular weight is 472 g/mol. The SMILES string of the molecule is C[C@H](CO)N1C[C@H](C)[C@H](CN(C)CC2CCOCC2)Oc2ncc(C3=CCCCC3)cc2C1=O. The zero-order valence-electron chi connectivity index (χ0n) is 21.0. The van der Waals surface area contributed by atoms with E-state index in [0.717, 1.165) is 57.6 Å². The van der Waals surface area contributed by atoms with Crippen LogP contribution >= 0.6 is 0 Å². The Hall–Kier alpha value is -1.96. The summed E-state index contributed by atoms with van der Waals surface area (Å²) in [7, 11) is 2.15. The van der Waals surface area contributed by atoms with Crippen molar-refractivity contribution in [2.45, 2.75) is 64.5 Å².